The molecule has 7 rings (SSSR count). The van der Waals surface area contributed by atoms with E-state index in [1.54, 1.807) is 17.3 Å². The standard InChI is InChI=1S/C42H52N8O7/c1-21(2)34(47-41(53)55-7)39(51)49-15-9-10-31(49)37-43-19-29(45-37)25-11-13-27-28-14-12-26(18-33(28)57-32(27)17-25)30-20-44-38(46-30)36-23(5)16-24(6)50(36)40(52)35(22(3)4)48-42(54)56-8/h11-14,17-24,31,34-36H,9-10,15-16H2,1-8H3,(H,43,45)(H,44,46)(H,47,53)(H,48,54)/t23-,24+,31-,34-,35-,36-/m0/s1. The van der Waals surface area contributed by atoms with E-state index in [4.69, 9.17) is 23.9 Å². The third kappa shape index (κ3) is 7.54. The number of nitrogens with zero attached hydrogens (tertiary/aromatic N) is 4. The number of nitrogens with one attached hydrogen (secondary N) is 4. The second-order valence-corrected chi connectivity index (χ2v) is 16.0. The van der Waals surface area contributed by atoms with Gasteiger partial charge in [0.05, 0.1) is 50.1 Å². The number of ether oxygens (including phenoxy) is 2. The summed E-state index contributed by atoms with van der Waals surface area (Å²) in [5.74, 6) is 0.934. The number of hydrogen-bond acceptors (Lipinski definition) is 9. The minimum atomic E-state index is -0.734. The van der Waals surface area contributed by atoms with Crippen molar-refractivity contribution >= 4 is 45.9 Å². The molecule has 2 fully saturated rings. The molecule has 4 N–H and O–H groups in total. The fourth-order valence-corrected chi connectivity index (χ4v) is 8.54. The van der Waals surface area contributed by atoms with Gasteiger partial charge in [-0.1, -0.05) is 46.8 Å². The summed E-state index contributed by atoms with van der Waals surface area (Å²) in [6, 6.07) is 10.1. The van der Waals surface area contributed by atoms with E-state index in [1.807, 2.05) is 75.9 Å². The Bertz CT molecular complexity index is 2290. The van der Waals surface area contributed by atoms with Crippen LogP contribution in [0.25, 0.3) is 44.5 Å². The van der Waals surface area contributed by atoms with Gasteiger partial charge >= 0.3 is 12.2 Å². The first-order chi connectivity index (χ1) is 27.3. The number of carbonyl (C=O) groups is 4. The van der Waals surface area contributed by atoms with Gasteiger partial charge in [0.2, 0.25) is 11.8 Å². The van der Waals surface area contributed by atoms with Crippen molar-refractivity contribution in [3.8, 4) is 22.5 Å². The Labute approximate surface area is 331 Å². The number of likely N-dealkylation sites (tertiary alicyclic amines) is 2. The van der Waals surface area contributed by atoms with Crippen molar-refractivity contribution in [2.45, 2.75) is 91.0 Å². The normalized spacial score (nSPS) is 20.7. The summed E-state index contributed by atoms with van der Waals surface area (Å²) in [5, 5.41) is 7.36. The van der Waals surface area contributed by atoms with Crippen molar-refractivity contribution in [1.82, 2.24) is 40.4 Å². The summed E-state index contributed by atoms with van der Waals surface area (Å²) in [7, 11) is 2.57. The van der Waals surface area contributed by atoms with Crippen LogP contribution in [0.15, 0.2) is 53.2 Å². The zero-order chi connectivity index (χ0) is 40.7. The third-order valence-electron chi connectivity index (χ3n) is 11.5. The molecule has 3 aromatic heterocycles. The van der Waals surface area contributed by atoms with Crippen molar-refractivity contribution in [2.75, 3.05) is 20.8 Å². The van der Waals surface area contributed by atoms with Gasteiger partial charge in [-0.15, -0.1) is 0 Å². The molecule has 2 aliphatic heterocycles. The Hall–Kier alpha value is -5.86. The number of rotatable bonds is 10. The third-order valence-corrected chi connectivity index (χ3v) is 11.5. The monoisotopic (exact) mass is 780 g/mol. The molecule has 2 saturated heterocycles. The van der Waals surface area contributed by atoms with E-state index in [0.29, 0.717) is 18.2 Å². The lowest BCUT2D eigenvalue weighted by Crippen LogP contribution is -2.52. The lowest BCUT2D eigenvalue weighted by Gasteiger charge is -2.33. The smallest absolute Gasteiger partial charge is 0.407 e. The summed E-state index contributed by atoms with van der Waals surface area (Å²) in [4.78, 5) is 71.7. The number of hydrogen-bond donors (Lipinski definition) is 4. The van der Waals surface area contributed by atoms with Crippen LogP contribution in [0.1, 0.15) is 84.5 Å². The fraction of sp³-hybridized carbons (Fsp3) is 0.476. The molecule has 0 radical (unpaired) electrons. The van der Waals surface area contributed by atoms with Gasteiger partial charge in [0.15, 0.2) is 0 Å². The Balaban J connectivity index is 1.11. The molecule has 2 aromatic carbocycles. The highest BCUT2D eigenvalue weighted by molar-refractivity contribution is 6.06. The maximum Gasteiger partial charge on any atom is 0.407 e. The zero-order valence-corrected chi connectivity index (χ0v) is 33.7. The van der Waals surface area contributed by atoms with Gasteiger partial charge in [0, 0.05) is 34.5 Å². The first-order valence-corrected chi connectivity index (χ1v) is 19.7. The first kappa shape index (κ1) is 39.4. The molecular weight excluding hydrogens is 729 g/mol. The van der Waals surface area contributed by atoms with Gasteiger partial charge in [-0.2, -0.15) is 0 Å². The number of alkyl carbamates (subject to hydrolysis) is 2. The summed E-state index contributed by atoms with van der Waals surface area (Å²) >= 11 is 0. The number of methoxy groups -OCH3 is 2. The van der Waals surface area contributed by atoms with Crippen LogP contribution in [-0.2, 0) is 19.1 Å². The molecule has 0 bridgehead atoms. The predicted molar refractivity (Wildman–Crippen MR) is 214 cm³/mol. The van der Waals surface area contributed by atoms with Crippen LogP contribution in [0.5, 0.6) is 0 Å². The molecule has 0 saturated carbocycles. The Morgan fingerprint density at radius 1 is 0.789 bits per heavy atom. The largest absolute Gasteiger partial charge is 0.456 e. The van der Waals surface area contributed by atoms with Crippen LogP contribution in [0.4, 0.5) is 9.59 Å². The molecule has 0 aliphatic carbocycles. The van der Waals surface area contributed by atoms with E-state index in [2.05, 4.69) is 27.5 Å². The van der Waals surface area contributed by atoms with Crippen LogP contribution in [0.2, 0.25) is 0 Å². The molecule has 5 heterocycles. The van der Waals surface area contributed by atoms with Crippen LogP contribution in [0, 0.1) is 17.8 Å². The van der Waals surface area contributed by atoms with Crippen molar-refractivity contribution in [1.29, 1.82) is 0 Å². The quantitative estimate of drug-likeness (QED) is 0.115. The highest BCUT2D eigenvalue weighted by Gasteiger charge is 2.45. The van der Waals surface area contributed by atoms with Crippen LogP contribution in [0.3, 0.4) is 0 Å². The number of furan rings is 1. The van der Waals surface area contributed by atoms with Gasteiger partial charge in [0.1, 0.15) is 34.9 Å². The second kappa shape index (κ2) is 15.9. The molecule has 6 atom stereocenters. The number of amides is 4. The van der Waals surface area contributed by atoms with Crippen molar-refractivity contribution < 1.29 is 33.1 Å². The number of aromatic nitrogens is 4. The maximum atomic E-state index is 13.9. The van der Waals surface area contributed by atoms with Crippen LogP contribution < -0.4 is 10.6 Å². The van der Waals surface area contributed by atoms with Gasteiger partial charge in [-0.25, -0.2) is 19.6 Å². The Kier molecular flexibility index (Phi) is 11.0. The molecule has 15 nitrogen and oxygen atoms in total. The lowest BCUT2D eigenvalue weighted by molar-refractivity contribution is -0.138. The molecule has 4 amide bonds. The first-order valence-electron chi connectivity index (χ1n) is 19.7. The summed E-state index contributed by atoms with van der Waals surface area (Å²) in [5.41, 5.74) is 4.81. The average Bonchev–Trinajstić information content (AvgIpc) is 4.04. The van der Waals surface area contributed by atoms with E-state index >= 15 is 0 Å². The molecule has 5 aromatic rings. The van der Waals surface area contributed by atoms with Gasteiger partial charge in [-0.3, -0.25) is 9.59 Å². The number of carbonyl (C=O) groups excluding carboxylic acids is 4. The topological polar surface area (TPSA) is 188 Å². The van der Waals surface area contributed by atoms with E-state index in [-0.39, 0.29) is 47.7 Å². The number of imidazole rings is 2. The number of H-pyrrole nitrogens is 2. The van der Waals surface area contributed by atoms with E-state index in [1.165, 1.54) is 14.2 Å². The van der Waals surface area contributed by atoms with Crippen molar-refractivity contribution in [3.05, 3.63) is 60.4 Å². The second-order valence-electron chi connectivity index (χ2n) is 16.0. The van der Waals surface area contributed by atoms with Crippen molar-refractivity contribution in [3.63, 3.8) is 0 Å². The minimum Gasteiger partial charge on any atom is -0.456 e. The molecule has 15 heteroatoms. The Morgan fingerprint density at radius 3 is 1.86 bits per heavy atom. The maximum absolute atomic E-state index is 13.9. The molecule has 0 spiro atoms. The summed E-state index contributed by atoms with van der Waals surface area (Å²) < 4.78 is 16.0. The fourth-order valence-electron chi connectivity index (χ4n) is 8.54. The summed E-state index contributed by atoms with van der Waals surface area (Å²) in [6.45, 7) is 12.3. The minimum absolute atomic E-state index is 0.0437. The molecule has 57 heavy (non-hydrogen) atoms. The average molecular weight is 781 g/mol. The SMILES string of the molecule is COC(=O)N[C@H](C(=O)N1CCC[C@H]1c1ncc(-c2ccc3c(c2)oc2cc(-c4cnc([C@@H]5[C@@H](C)C[C@@H](C)N5C(=O)[C@@H](NC(=O)OC)C(C)C)[nH]4)ccc23)[nH]1)C(C)C. The lowest BCUT2D eigenvalue weighted by atomic mass is 10.00. The summed E-state index contributed by atoms with van der Waals surface area (Å²) in [6.07, 6.45) is 4.68. The molecule has 302 valence electrons. The number of aromatic amines is 2. The van der Waals surface area contributed by atoms with Gasteiger partial charge in [0.25, 0.3) is 0 Å². The van der Waals surface area contributed by atoms with Crippen molar-refractivity contribution in [2.24, 2.45) is 17.8 Å². The van der Waals surface area contributed by atoms with Gasteiger partial charge < -0.3 is 44.3 Å². The number of fused-ring (bicyclic) bond motifs is 3. The van der Waals surface area contributed by atoms with Gasteiger partial charge in [-0.05, 0) is 68.2 Å². The molecule has 2 aliphatic rings. The highest BCUT2D eigenvalue weighted by Crippen LogP contribution is 2.42. The van der Waals surface area contributed by atoms with E-state index in [0.717, 1.165) is 63.7 Å². The predicted octanol–water partition coefficient (Wildman–Crippen LogP) is 7.09. The molecular formula is C42H52N8O7. The van der Waals surface area contributed by atoms with E-state index in [9.17, 15) is 19.2 Å². The van der Waals surface area contributed by atoms with E-state index < -0.39 is 24.3 Å². The number of benzene rings is 2. The zero-order valence-electron chi connectivity index (χ0n) is 33.7. The molecule has 0 unspecified atom stereocenters. The van der Waals surface area contributed by atoms with Crippen LogP contribution in [-0.4, -0.2) is 92.6 Å². The Morgan fingerprint density at radius 2 is 1.32 bits per heavy atom. The highest BCUT2D eigenvalue weighted by atomic mass is 16.5. The van der Waals surface area contributed by atoms with Crippen LogP contribution >= 0.6 is 0 Å².